The van der Waals surface area contributed by atoms with Crippen LogP contribution in [-0.4, -0.2) is 15.1 Å². The minimum absolute atomic E-state index is 0.116. The molecule has 1 aromatic heterocycles. The van der Waals surface area contributed by atoms with Crippen LogP contribution >= 0.6 is 0 Å². The van der Waals surface area contributed by atoms with E-state index in [0.29, 0.717) is 0 Å². The maximum Gasteiger partial charge on any atom is 0.0994 e. The Balaban J connectivity index is 1.93. The van der Waals surface area contributed by atoms with E-state index in [-0.39, 0.29) is 5.54 Å². The molecule has 3 heteroatoms. The Labute approximate surface area is 127 Å². The molecule has 0 spiro atoms. The standard InChI is InChI=1S/C18H25N3/c1-18(2,3)20-12-15-11-19-13-21(15)17-10-6-8-14-7-4-5-9-16(14)17/h6,8,10-11,13,20H,4-5,7,9,12H2,1-3H3. The van der Waals surface area contributed by atoms with Crippen molar-refractivity contribution in [2.24, 2.45) is 0 Å². The van der Waals surface area contributed by atoms with Crippen LogP contribution in [0.5, 0.6) is 0 Å². The third-order valence-electron chi connectivity index (χ3n) is 4.15. The molecule has 1 aliphatic carbocycles. The number of hydrogen-bond acceptors (Lipinski definition) is 2. The largest absolute Gasteiger partial charge is 0.306 e. The van der Waals surface area contributed by atoms with Crippen LogP contribution in [0.1, 0.15) is 50.4 Å². The number of aromatic nitrogens is 2. The molecule has 0 atom stereocenters. The molecule has 3 rings (SSSR count). The predicted molar refractivity (Wildman–Crippen MR) is 86.8 cm³/mol. The van der Waals surface area contributed by atoms with E-state index in [9.17, 15) is 0 Å². The quantitative estimate of drug-likeness (QED) is 0.932. The van der Waals surface area contributed by atoms with Crippen molar-refractivity contribution in [3.63, 3.8) is 0 Å². The second kappa shape index (κ2) is 5.64. The van der Waals surface area contributed by atoms with E-state index in [4.69, 9.17) is 0 Å². The first-order valence-electron chi connectivity index (χ1n) is 7.92. The van der Waals surface area contributed by atoms with Crippen LogP contribution < -0.4 is 5.32 Å². The Morgan fingerprint density at radius 2 is 2.00 bits per heavy atom. The van der Waals surface area contributed by atoms with Gasteiger partial charge in [0.2, 0.25) is 0 Å². The van der Waals surface area contributed by atoms with Crippen molar-refractivity contribution >= 4 is 0 Å². The number of nitrogens with zero attached hydrogens (tertiary/aromatic N) is 2. The van der Waals surface area contributed by atoms with Gasteiger partial charge in [0.1, 0.15) is 0 Å². The molecule has 0 amide bonds. The van der Waals surface area contributed by atoms with Crippen molar-refractivity contribution < 1.29 is 0 Å². The molecule has 21 heavy (non-hydrogen) atoms. The van der Waals surface area contributed by atoms with Crippen molar-refractivity contribution in [1.29, 1.82) is 0 Å². The summed E-state index contributed by atoms with van der Waals surface area (Å²) >= 11 is 0. The maximum absolute atomic E-state index is 4.37. The van der Waals surface area contributed by atoms with Crippen molar-refractivity contribution in [2.75, 3.05) is 0 Å². The van der Waals surface area contributed by atoms with E-state index in [1.807, 2.05) is 12.5 Å². The molecule has 0 saturated heterocycles. The Morgan fingerprint density at radius 1 is 1.19 bits per heavy atom. The highest BCUT2D eigenvalue weighted by atomic mass is 15.1. The number of hydrogen-bond donors (Lipinski definition) is 1. The van der Waals surface area contributed by atoms with Gasteiger partial charge in [-0.05, 0) is 63.6 Å². The third kappa shape index (κ3) is 3.18. The van der Waals surface area contributed by atoms with E-state index < -0.39 is 0 Å². The Bertz CT molecular complexity index is 620. The zero-order chi connectivity index (χ0) is 14.9. The number of fused-ring (bicyclic) bond motifs is 1. The van der Waals surface area contributed by atoms with E-state index in [1.54, 1.807) is 0 Å². The number of nitrogens with one attached hydrogen (secondary N) is 1. The summed E-state index contributed by atoms with van der Waals surface area (Å²) in [7, 11) is 0. The van der Waals surface area contributed by atoms with Crippen LogP contribution in [0.2, 0.25) is 0 Å². The van der Waals surface area contributed by atoms with E-state index >= 15 is 0 Å². The van der Waals surface area contributed by atoms with Gasteiger partial charge in [0.05, 0.1) is 17.7 Å². The molecule has 1 N–H and O–H groups in total. The van der Waals surface area contributed by atoms with Crippen LogP contribution in [0, 0.1) is 0 Å². The molecule has 0 unspecified atom stereocenters. The zero-order valence-electron chi connectivity index (χ0n) is 13.3. The molecule has 112 valence electrons. The molecule has 0 fully saturated rings. The minimum atomic E-state index is 0.116. The Hall–Kier alpha value is -1.61. The molecule has 0 saturated carbocycles. The molecule has 0 aliphatic heterocycles. The smallest absolute Gasteiger partial charge is 0.0994 e. The van der Waals surface area contributed by atoms with E-state index in [2.05, 4.69) is 53.8 Å². The number of benzene rings is 1. The molecule has 1 aliphatic rings. The van der Waals surface area contributed by atoms with Gasteiger partial charge in [0, 0.05) is 18.3 Å². The normalized spacial score (nSPS) is 15.0. The second-order valence-electron chi connectivity index (χ2n) is 6.98. The minimum Gasteiger partial charge on any atom is -0.306 e. The van der Waals surface area contributed by atoms with Crippen LogP contribution in [0.4, 0.5) is 0 Å². The van der Waals surface area contributed by atoms with Gasteiger partial charge < -0.3 is 9.88 Å². The Kier molecular flexibility index (Phi) is 3.85. The zero-order valence-corrected chi connectivity index (χ0v) is 13.3. The van der Waals surface area contributed by atoms with Gasteiger partial charge in [0.15, 0.2) is 0 Å². The fraction of sp³-hybridized carbons (Fsp3) is 0.500. The topological polar surface area (TPSA) is 29.9 Å². The highest BCUT2D eigenvalue weighted by Gasteiger charge is 2.16. The van der Waals surface area contributed by atoms with Crippen LogP contribution in [0.25, 0.3) is 5.69 Å². The first kappa shape index (κ1) is 14.3. The van der Waals surface area contributed by atoms with E-state index in [1.165, 1.54) is 48.2 Å². The van der Waals surface area contributed by atoms with Crippen molar-refractivity contribution in [1.82, 2.24) is 14.9 Å². The first-order valence-corrected chi connectivity index (χ1v) is 7.92. The lowest BCUT2D eigenvalue weighted by Gasteiger charge is -2.23. The van der Waals surface area contributed by atoms with Gasteiger partial charge >= 0.3 is 0 Å². The Morgan fingerprint density at radius 3 is 2.81 bits per heavy atom. The summed E-state index contributed by atoms with van der Waals surface area (Å²) in [5.41, 5.74) is 5.69. The lowest BCUT2D eigenvalue weighted by molar-refractivity contribution is 0.419. The molecule has 0 bridgehead atoms. The van der Waals surface area contributed by atoms with Gasteiger partial charge in [-0.25, -0.2) is 4.98 Å². The maximum atomic E-state index is 4.37. The van der Waals surface area contributed by atoms with Crippen molar-refractivity contribution in [3.05, 3.63) is 47.5 Å². The average Bonchev–Trinajstić information content (AvgIpc) is 2.92. The van der Waals surface area contributed by atoms with Crippen LogP contribution in [0.3, 0.4) is 0 Å². The summed E-state index contributed by atoms with van der Waals surface area (Å²) < 4.78 is 2.25. The molecule has 1 aromatic carbocycles. The third-order valence-corrected chi connectivity index (χ3v) is 4.15. The van der Waals surface area contributed by atoms with Crippen molar-refractivity contribution in [3.8, 4) is 5.69 Å². The number of aryl methyl sites for hydroxylation is 1. The molecular formula is C18H25N3. The fourth-order valence-electron chi connectivity index (χ4n) is 3.01. The van der Waals surface area contributed by atoms with Gasteiger partial charge in [0.25, 0.3) is 0 Å². The SMILES string of the molecule is CC(C)(C)NCc1cncn1-c1cccc2c1CCCC2. The first-order chi connectivity index (χ1) is 10.0. The number of imidazole rings is 1. The van der Waals surface area contributed by atoms with Gasteiger partial charge in [-0.15, -0.1) is 0 Å². The molecule has 2 aromatic rings. The molecule has 0 radical (unpaired) electrons. The van der Waals surface area contributed by atoms with E-state index in [0.717, 1.165) is 6.54 Å². The lowest BCUT2D eigenvalue weighted by Crippen LogP contribution is -2.35. The highest BCUT2D eigenvalue weighted by Crippen LogP contribution is 2.27. The molecule has 3 nitrogen and oxygen atoms in total. The summed E-state index contributed by atoms with van der Waals surface area (Å²) in [4.78, 5) is 4.37. The monoisotopic (exact) mass is 283 g/mol. The van der Waals surface area contributed by atoms with Crippen LogP contribution in [0.15, 0.2) is 30.7 Å². The second-order valence-corrected chi connectivity index (χ2v) is 6.98. The summed E-state index contributed by atoms with van der Waals surface area (Å²) in [6.45, 7) is 7.42. The molecule has 1 heterocycles. The van der Waals surface area contributed by atoms with Crippen LogP contribution in [-0.2, 0) is 19.4 Å². The van der Waals surface area contributed by atoms with Gasteiger partial charge in [-0.3, -0.25) is 0 Å². The van der Waals surface area contributed by atoms with Gasteiger partial charge in [-0.1, -0.05) is 12.1 Å². The summed E-state index contributed by atoms with van der Waals surface area (Å²) in [6, 6.07) is 6.69. The van der Waals surface area contributed by atoms with Gasteiger partial charge in [-0.2, -0.15) is 0 Å². The summed E-state index contributed by atoms with van der Waals surface area (Å²) in [6.07, 6.45) is 8.95. The summed E-state index contributed by atoms with van der Waals surface area (Å²) in [5.74, 6) is 0. The predicted octanol–water partition coefficient (Wildman–Crippen LogP) is 3.64. The highest BCUT2D eigenvalue weighted by molar-refractivity contribution is 5.48. The van der Waals surface area contributed by atoms with Crippen molar-refractivity contribution in [2.45, 2.75) is 58.5 Å². The number of rotatable bonds is 3. The lowest BCUT2D eigenvalue weighted by atomic mass is 9.90. The average molecular weight is 283 g/mol. The molecular weight excluding hydrogens is 258 g/mol. The summed E-state index contributed by atoms with van der Waals surface area (Å²) in [5, 5.41) is 3.55. The fourth-order valence-corrected chi connectivity index (χ4v) is 3.01.